The van der Waals surface area contributed by atoms with Crippen molar-refractivity contribution in [2.75, 3.05) is 10.6 Å². The Kier molecular flexibility index (Phi) is 5.26. The van der Waals surface area contributed by atoms with E-state index in [0.717, 1.165) is 0 Å². The van der Waals surface area contributed by atoms with Gasteiger partial charge in [0.05, 0.1) is 0 Å². The second-order valence-electron chi connectivity index (χ2n) is 6.09. The molecule has 0 radical (unpaired) electrons. The molecule has 1 aliphatic carbocycles. The Labute approximate surface area is 129 Å². The number of nitrogens with one attached hydrogen (secondary N) is 2. The minimum atomic E-state index is -1.55. The maximum Gasteiger partial charge on any atom is 0.228 e. The molecule has 2 rings (SSSR count). The monoisotopic (exact) mass is 311 g/mol. The van der Waals surface area contributed by atoms with Crippen LogP contribution >= 0.6 is 0 Å². The zero-order valence-corrected chi connectivity index (χ0v) is 13.5. The smallest absolute Gasteiger partial charge is 0.228 e. The number of halogens is 2. The predicted molar refractivity (Wildman–Crippen MR) is 84.1 cm³/mol. The van der Waals surface area contributed by atoms with E-state index in [0.29, 0.717) is 24.7 Å². The molecule has 0 saturated heterocycles. The Morgan fingerprint density at radius 3 is 2.05 bits per heavy atom. The van der Waals surface area contributed by atoms with E-state index in [4.69, 9.17) is 0 Å². The van der Waals surface area contributed by atoms with Crippen LogP contribution in [0.2, 0.25) is 0 Å². The first-order valence-electron chi connectivity index (χ1n) is 7.69. The zero-order valence-electron chi connectivity index (χ0n) is 13.5. The van der Waals surface area contributed by atoms with Crippen molar-refractivity contribution in [3.05, 3.63) is 11.7 Å². The standard InChI is InChI=1S/C15H23F2N5/c1-8(2)18-14-20-13(21-15(22-14)19-9(3)4)10-6-5-7-11(16)12(10)17/h8-9,11H,5-7H2,1-4H3,(H2,18,19,20,21,22). The summed E-state index contributed by atoms with van der Waals surface area (Å²) in [4.78, 5) is 12.8. The SMILES string of the molecule is CC(C)Nc1nc(NC(C)C)nc(C2=C(F)C(F)CCC2)n1. The molecule has 122 valence electrons. The van der Waals surface area contributed by atoms with Gasteiger partial charge >= 0.3 is 0 Å². The Bertz CT molecular complexity index is 529. The van der Waals surface area contributed by atoms with Gasteiger partial charge in [0, 0.05) is 17.7 Å². The quantitative estimate of drug-likeness (QED) is 0.868. The minimum Gasteiger partial charge on any atom is -0.352 e. The number of alkyl halides is 1. The van der Waals surface area contributed by atoms with E-state index in [1.807, 2.05) is 27.7 Å². The van der Waals surface area contributed by atoms with Gasteiger partial charge in [-0.3, -0.25) is 0 Å². The number of nitrogens with zero attached hydrogens (tertiary/aromatic N) is 3. The molecule has 1 aliphatic rings. The molecule has 1 aromatic rings. The first-order chi connectivity index (χ1) is 10.4. The van der Waals surface area contributed by atoms with Crippen LogP contribution in [0.15, 0.2) is 5.83 Å². The van der Waals surface area contributed by atoms with Gasteiger partial charge in [0.2, 0.25) is 11.9 Å². The summed E-state index contributed by atoms with van der Waals surface area (Å²) in [5, 5.41) is 6.17. The van der Waals surface area contributed by atoms with Gasteiger partial charge in [-0.2, -0.15) is 15.0 Å². The van der Waals surface area contributed by atoms with Crippen molar-refractivity contribution in [2.45, 2.75) is 65.2 Å². The van der Waals surface area contributed by atoms with E-state index in [2.05, 4.69) is 25.6 Å². The van der Waals surface area contributed by atoms with Crippen LogP contribution in [0, 0.1) is 0 Å². The number of allylic oxidation sites excluding steroid dienone is 2. The Morgan fingerprint density at radius 1 is 1.00 bits per heavy atom. The van der Waals surface area contributed by atoms with Gasteiger partial charge in [-0.15, -0.1) is 0 Å². The molecule has 0 aliphatic heterocycles. The second kappa shape index (κ2) is 6.98. The molecule has 22 heavy (non-hydrogen) atoms. The van der Waals surface area contributed by atoms with Crippen molar-refractivity contribution in [1.29, 1.82) is 0 Å². The second-order valence-corrected chi connectivity index (χ2v) is 6.09. The van der Waals surface area contributed by atoms with Gasteiger partial charge < -0.3 is 10.6 Å². The molecule has 2 N–H and O–H groups in total. The van der Waals surface area contributed by atoms with E-state index in [9.17, 15) is 8.78 Å². The molecule has 0 spiro atoms. The van der Waals surface area contributed by atoms with Crippen molar-refractivity contribution in [3.8, 4) is 0 Å². The van der Waals surface area contributed by atoms with Gasteiger partial charge in [-0.1, -0.05) is 0 Å². The Hall–Kier alpha value is -1.79. The molecule has 7 heteroatoms. The molecular formula is C15H23F2N5. The van der Waals surface area contributed by atoms with Gasteiger partial charge in [-0.05, 0) is 47.0 Å². The van der Waals surface area contributed by atoms with Crippen molar-refractivity contribution in [3.63, 3.8) is 0 Å². The largest absolute Gasteiger partial charge is 0.352 e. The topological polar surface area (TPSA) is 62.7 Å². The third-order valence-corrected chi connectivity index (χ3v) is 3.19. The van der Waals surface area contributed by atoms with Crippen molar-refractivity contribution >= 4 is 17.5 Å². The summed E-state index contributed by atoms with van der Waals surface area (Å²) in [5.74, 6) is 0.193. The lowest BCUT2D eigenvalue weighted by atomic mass is 9.96. The molecule has 1 unspecified atom stereocenters. The van der Waals surface area contributed by atoms with Crippen LogP contribution in [0.25, 0.3) is 5.57 Å². The van der Waals surface area contributed by atoms with Crippen LogP contribution in [-0.4, -0.2) is 33.2 Å². The summed E-state index contributed by atoms with van der Waals surface area (Å²) < 4.78 is 27.7. The number of rotatable bonds is 5. The highest BCUT2D eigenvalue weighted by Crippen LogP contribution is 2.33. The van der Waals surface area contributed by atoms with Crippen LogP contribution in [0.5, 0.6) is 0 Å². The molecule has 0 saturated carbocycles. The fourth-order valence-electron chi connectivity index (χ4n) is 2.27. The average Bonchev–Trinajstić information content (AvgIpc) is 2.40. The highest BCUT2D eigenvalue weighted by atomic mass is 19.2. The lowest BCUT2D eigenvalue weighted by Crippen LogP contribution is -2.19. The van der Waals surface area contributed by atoms with Crippen molar-refractivity contribution < 1.29 is 8.78 Å². The van der Waals surface area contributed by atoms with E-state index < -0.39 is 12.0 Å². The maximum absolute atomic E-state index is 14.1. The zero-order chi connectivity index (χ0) is 16.3. The summed E-state index contributed by atoms with van der Waals surface area (Å²) in [7, 11) is 0. The highest BCUT2D eigenvalue weighted by Gasteiger charge is 2.26. The highest BCUT2D eigenvalue weighted by molar-refractivity contribution is 5.65. The van der Waals surface area contributed by atoms with Gasteiger partial charge in [-0.25, -0.2) is 8.78 Å². The molecule has 1 heterocycles. The fourth-order valence-corrected chi connectivity index (χ4v) is 2.27. The normalized spacial score (nSPS) is 19.0. The third-order valence-electron chi connectivity index (χ3n) is 3.19. The molecule has 1 atom stereocenters. The Morgan fingerprint density at radius 2 is 1.55 bits per heavy atom. The lowest BCUT2D eigenvalue weighted by Gasteiger charge is -2.19. The third kappa shape index (κ3) is 4.11. The summed E-state index contributed by atoms with van der Waals surface area (Å²) >= 11 is 0. The lowest BCUT2D eigenvalue weighted by molar-refractivity contribution is 0.295. The Balaban J connectivity index is 2.42. The number of aromatic nitrogens is 3. The van der Waals surface area contributed by atoms with Gasteiger partial charge in [0.15, 0.2) is 12.0 Å². The molecule has 0 fully saturated rings. The number of anilines is 2. The van der Waals surface area contributed by atoms with E-state index in [-0.39, 0.29) is 29.9 Å². The maximum atomic E-state index is 14.1. The van der Waals surface area contributed by atoms with Crippen LogP contribution in [0.1, 0.15) is 52.8 Å². The fraction of sp³-hybridized carbons (Fsp3) is 0.667. The molecule has 0 amide bonds. The summed E-state index contributed by atoms with van der Waals surface area (Å²) in [6.07, 6.45) is -0.300. The minimum absolute atomic E-state index is 0.126. The average molecular weight is 311 g/mol. The summed E-state index contributed by atoms with van der Waals surface area (Å²) in [5.41, 5.74) is 0.250. The van der Waals surface area contributed by atoms with Crippen molar-refractivity contribution in [2.24, 2.45) is 0 Å². The molecule has 5 nitrogen and oxygen atoms in total. The first-order valence-corrected chi connectivity index (χ1v) is 7.69. The molecular weight excluding hydrogens is 288 g/mol. The molecule has 0 bridgehead atoms. The van der Waals surface area contributed by atoms with Gasteiger partial charge in [0.1, 0.15) is 5.83 Å². The van der Waals surface area contributed by atoms with Crippen LogP contribution < -0.4 is 10.6 Å². The summed E-state index contributed by atoms with van der Waals surface area (Å²) in [6, 6.07) is 0.252. The predicted octanol–water partition coefficient (Wildman–Crippen LogP) is 3.71. The number of hydrogen-bond donors (Lipinski definition) is 2. The van der Waals surface area contributed by atoms with E-state index >= 15 is 0 Å². The van der Waals surface area contributed by atoms with Crippen molar-refractivity contribution in [1.82, 2.24) is 15.0 Å². The summed E-state index contributed by atoms with van der Waals surface area (Å²) in [6.45, 7) is 7.82. The molecule has 0 aromatic carbocycles. The number of hydrogen-bond acceptors (Lipinski definition) is 5. The van der Waals surface area contributed by atoms with Crippen LogP contribution in [0.4, 0.5) is 20.7 Å². The molecule has 1 aromatic heterocycles. The first kappa shape index (κ1) is 16.6. The van der Waals surface area contributed by atoms with Crippen LogP contribution in [0.3, 0.4) is 0 Å². The van der Waals surface area contributed by atoms with E-state index in [1.165, 1.54) is 0 Å². The van der Waals surface area contributed by atoms with E-state index in [1.54, 1.807) is 0 Å². The van der Waals surface area contributed by atoms with Gasteiger partial charge in [0.25, 0.3) is 0 Å². The van der Waals surface area contributed by atoms with Crippen LogP contribution in [-0.2, 0) is 0 Å².